The number of phenols is 1. The standard InChI is InChI=1S/C20H28O4/c1-12(2)13-9-14(18(23)24)15(10-16(13)22)20(5)8-6-7-19(3,4)17(20)11-21/h9-12,17,22H,6-8H2,1-5H3,(H,23,24)/t17?,20-/m1/s1. The quantitative estimate of drug-likeness (QED) is 0.796. The van der Waals surface area contributed by atoms with E-state index in [1.807, 2.05) is 20.8 Å². The molecule has 0 radical (unpaired) electrons. The highest BCUT2D eigenvalue weighted by Gasteiger charge is 2.49. The maximum Gasteiger partial charge on any atom is 0.335 e. The van der Waals surface area contributed by atoms with Gasteiger partial charge in [-0.2, -0.15) is 0 Å². The van der Waals surface area contributed by atoms with Gasteiger partial charge in [-0.1, -0.05) is 41.0 Å². The number of aldehydes is 1. The highest BCUT2D eigenvalue weighted by Crippen LogP contribution is 2.53. The van der Waals surface area contributed by atoms with Gasteiger partial charge in [-0.05, 0) is 47.4 Å². The smallest absolute Gasteiger partial charge is 0.335 e. The summed E-state index contributed by atoms with van der Waals surface area (Å²) in [6.45, 7) is 9.92. The summed E-state index contributed by atoms with van der Waals surface area (Å²) in [4.78, 5) is 23.8. The van der Waals surface area contributed by atoms with Gasteiger partial charge in [0.2, 0.25) is 0 Å². The molecule has 1 fully saturated rings. The molecule has 0 amide bonds. The average molecular weight is 332 g/mol. The number of hydrogen-bond acceptors (Lipinski definition) is 3. The van der Waals surface area contributed by atoms with Gasteiger partial charge in [-0.3, -0.25) is 0 Å². The molecule has 2 N–H and O–H groups in total. The van der Waals surface area contributed by atoms with Crippen molar-refractivity contribution >= 4 is 12.3 Å². The van der Waals surface area contributed by atoms with Crippen molar-refractivity contribution in [3.63, 3.8) is 0 Å². The molecule has 132 valence electrons. The van der Waals surface area contributed by atoms with E-state index in [1.54, 1.807) is 12.1 Å². The van der Waals surface area contributed by atoms with Crippen LogP contribution < -0.4 is 0 Å². The molecule has 0 saturated heterocycles. The maximum absolute atomic E-state index is 11.9. The highest BCUT2D eigenvalue weighted by atomic mass is 16.4. The van der Waals surface area contributed by atoms with Crippen LogP contribution >= 0.6 is 0 Å². The minimum atomic E-state index is -1.01. The lowest BCUT2D eigenvalue weighted by Crippen LogP contribution is -2.46. The Morgan fingerprint density at radius 2 is 1.88 bits per heavy atom. The van der Waals surface area contributed by atoms with Gasteiger partial charge in [0.05, 0.1) is 5.56 Å². The fraction of sp³-hybridized carbons (Fsp3) is 0.600. The molecule has 0 bridgehead atoms. The number of carboxylic acid groups (broad SMARTS) is 1. The molecule has 4 heteroatoms. The van der Waals surface area contributed by atoms with Gasteiger partial charge in [0.15, 0.2) is 0 Å². The third-order valence-electron chi connectivity index (χ3n) is 5.82. The Bertz CT molecular complexity index is 660. The number of phenolic OH excluding ortho intramolecular Hbond substituents is 1. The monoisotopic (exact) mass is 332 g/mol. The first-order valence-corrected chi connectivity index (χ1v) is 8.60. The van der Waals surface area contributed by atoms with Crippen LogP contribution in [-0.2, 0) is 10.2 Å². The third kappa shape index (κ3) is 2.94. The Kier molecular flexibility index (Phi) is 4.80. The van der Waals surface area contributed by atoms with E-state index in [9.17, 15) is 19.8 Å². The predicted molar refractivity (Wildman–Crippen MR) is 93.7 cm³/mol. The number of carbonyl (C=O) groups excluding carboxylic acids is 1. The van der Waals surface area contributed by atoms with Gasteiger partial charge in [0, 0.05) is 11.3 Å². The zero-order chi connectivity index (χ0) is 18.3. The molecule has 1 unspecified atom stereocenters. The van der Waals surface area contributed by atoms with Crippen molar-refractivity contribution < 1.29 is 19.8 Å². The number of aromatic hydroxyl groups is 1. The van der Waals surface area contributed by atoms with E-state index in [-0.39, 0.29) is 28.6 Å². The molecule has 1 aliphatic carbocycles. The van der Waals surface area contributed by atoms with Gasteiger partial charge in [0.25, 0.3) is 0 Å². The van der Waals surface area contributed by atoms with Crippen molar-refractivity contribution in [3.05, 3.63) is 28.8 Å². The fourth-order valence-electron chi connectivity index (χ4n) is 4.44. The first-order chi connectivity index (χ1) is 11.0. The zero-order valence-electron chi connectivity index (χ0n) is 15.2. The lowest BCUT2D eigenvalue weighted by Gasteiger charge is -2.49. The van der Waals surface area contributed by atoms with E-state index < -0.39 is 11.4 Å². The fourth-order valence-corrected chi connectivity index (χ4v) is 4.44. The lowest BCUT2D eigenvalue weighted by molar-refractivity contribution is -0.119. The molecule has 1 aromatic carbocycles. The van der Waals surface area contributed by atoms with Crippen LogP contribution in [0.15, 0.2) is 12.1 Å². The SMILES string of the molecule is CC(C)c1cc(C(=O)O)c([C@@]2(C)CCCC(C)(C)C2C=O)cc1O. The number of benzene rings is 1. The second kappa shape index (κ2) is 6.23. The van der Waals surface area contributed by atoms with Crippen LogP contribution in [-0.4, -0.2) is 22.5 Å². The zero-order valence-corrected chi connectivity index (χ0v) is 15.2. The van der Waals surface area contributed by atoms with E-state index in [4.69, 9.17) is 0 Å². The van der Waals surface area contributed by atoms with E-state index >= 15 is 0 Å². The average Bonchev–Trinajstić information content (AvgIpc) is 2.45. The summed E-state index contributed by atoms with van der Waals surface area (Å²) in [6, 6.07) is 3.16. The molecule has 1 aliphatic rings. The molecule has 0 spiro atoms. The summed E-state index contributed by atoms with van der Waals surface area (Å²) >= 11 is 0. The van der Waals surface area contributed by atoms with Gasteiger partial charge in [0.1, 0.15) is 12.0 Å². The molecule has 1 saturated carbocycles. The second-order valence-corrected chi connectivity index (χ2v) is 8.29. The molecule has 4 nitrogen and oxygen atoms in total. The normalized spacial score (nSPS) is 26.3. The minimum absolute atomic E-state index is 0.0228. The van der Waals surface area contributed by atoms with Gasteiger partial charge >= 0.3 is 5.97 Å². The Balaban J connectivity index is 2.71. The number of carboxylic acids is 1. The maximum atomic E-state index is 11.9. The van der Waals surface area contributed by atoms with Crippen LogP contribution in [0.1, 0.15) is 81.3 Å². The van der Waals surface area contributed by atoms with Crippen molar-refractivity contribution in [3.8, 4) is 5.75 Å². The molecule has 2 rings (SSSR count). The number of hydrogen-bond donors (Lipinski definition) is 2. The molecule has 0 aromatic heterocycles. The highest BCUT2D eigenvalue weighted by molar-refractivity contribution is 5.91. The van der Waals surface area contributed by atoms with Crippen LogP contribution in [0.5, 0.6) is 5.75 Å². The minimum Gasteiger partial charge on any atom is -0.508 e. The Hall–Kier alpha value is -1.84. The Morgan fingerprint density at radius 1 is 1.25 bits per heavy atom. The topological polar surface area (TPSA) is 74.6 Å². The molecule has 1 aromatic rings. The van der Waals surface area contributed by atoms with Gasteiger partial charge < -0.3 is 15.0 Å². The predicted octanol–water partition coefficient (Wildman–Crippen LogP) is 4.50. The molecule has 0 aliphatic heterocycles. The van der Waals surface area contributed by atoms with Crippen LogP contribution in [0.2, 0.25) is 0 Å². The van der Waals surface area contributed by atoms with Crippen molar-refractivity contribution in [2.45, 2.75) is 65.2 Å². The Morgan fingerprint density at radius 3 is 2.38 bits per heavy atom. The van der Waals surface area contributed by atoms with Crippen LogP contribution in [0.4, 0.5) is 0 Å². The lowest BCUT2D eigenvalue weighted by atomic mass is 9.54. The van der Waals surface area contributed by atoms with Gasteiger partial charge in [-0.25, -0.2) is 4.79 Å². The molecular formula is C20H28O4. The van der Waals surface area contributed by atoms with Crippen LogP contribution in [0, 0.1) is 11.3 Å². The Labute approximate surface area is 143 Å². The van der Waals surface area contributed by atoms with E-state index in [0.717, 1.165) is 25.5 Å². The first kappa shape index (κ1) is 18.5. The number of carbonyl (C=O) groups is 2. The summed E-state index contributed by atoms with van der Waals surface area (Å²) in [5.74, 6) is -1.17. The largest absolute Gasteiger partial charge is 0.508 e. The van der Waals surface area contributed by atoms with E-state index in [1.165, 1.54) is 0 Å². The van der Waals surface area contributed by atoms with Gasteiger partial charge in [-0.15, -0.1) is 0 Å². The van der Waals surface area contributed by atoms with Crippen LogP contribution in [0.3, 0.4) is 0 Å². The summed E-state index contributed by atoms with van der Waals surface area (Å²) in [5.41, 5.74) is 0.601. The molecule has 2 atom stereocenters. The summed E-state index contributed by atoms with van der Waals surface area (Å²) in [7, 11) is 0. The van der Waals surface area contributed by atoms with E-state index in [2.05, 4.69) is 13.8 Å². The molecule has 0 heterocycles. The number of aromatic carboxylic acids is 1. The summed E-state index contributed by atoms with van der Waals surface area (Å²) < 4.78 is 0. The first-order valence-electron chi connectivity index (χ1n) is 8.60. The summed E-state index contributed by atoms with van der Waals surface area (Å²) in [6.07, 6.45) is 3.57. The molecule has 24 heavy (non-hydrogen) atoms. The number of rotatable bonds is 4. The van der Waals surface area contributed by atoms with Crippen molar-refractivity contribution in [2.75, 3.05) is 0 Å². The van der Waals surface area contributed by atoms with E-state index in [0.29, 0.717) is 11.1 Å². The van der Waals surface area contributed by atoms with Crippen molar-refractivity contribution in [2.24, 2.45) is 11.3 Å². The van der Waals surface area contributed by atoms with Crippen molar-refractivity contribution in [1.82, 2.24) is 0 Å². The third-order valence-corrected chi connectivity index (χ3v) is 5.82. The molecular weight excluding hydrogens is 304 g/mol. The summed E-state index contributed by atoms with van der Waals surface area (Å²) in [5, 5.41) is 20.1. The van der Waals surface area contributed by atoms with Crippen LogP contribution in [0.25, 0.3) is 0 Å². The van der Waals surface area contributed by atoms with Crippen molar-refractivity contribution in [1.29, 1.82) is 0 Å². The second-order valence-electron chi connectivity index (χ2n) is 8.29.